The first-order valence-electron chi connectivity index (χ1n) is 12.2. The Bertz CT molecular complexity index is 910. The molecule has 3 rings (SSSR count). The fraction of sp³-hybridized carbons (Fsp3) is 0.615. The average Bonchev–Trinajstić information content (AvgIpc) is 3.27. The lowest BCUT2D eigenvalue weighted by Gasteiger charge is -2.47. The second-order valence-corrected chi connectivity index (χ2v) is 11.4. The number of hydrogen-bond acceptors (Lipinski definition) is 7. The van der Waals surface area contributed by atoms with E-state index in [0.717, 1.165) is 44.1 Å². The number of nitrogens with zero attached hydrogens (tertiary/aromatic N) is 3. The standard InChI is InChI=1S/C26H37N3O4S/c1-19(2)15-22(23(31)24-27-28-25(33-24)34-20(3)4)29(18-30)26(13-9-6-10-14-26)17-32-16-21-11-7-5-8-12-21/h5,7-8,11-12,18-20,22H,6,9-10,13-17H2,1-4H3/t22-/m0/s1. The summed E-state index contributed by atoms with van der Waals surface area (Å²) in [5.41, 5.74) is 0.557. The van der Waals surface area contributed by atoms with Gasteiger partial charge in [-0.1, -0.05) is 89.1 Å². The van der Waals surface area contributed by atoms with E-state index >= 15 is 0 Å². The molecule has 1 saturated carbocycles. The molecule has 0 aliphatic heterocycles. The van der Waals surface area contributed by atoms with E-state index in [-0.39, 0.29) is 22.8 Å². The molecule has 1 heterocycles. The normalized spacial score (nSPS) is 16.5. The first-order valence-corrected chi connectivity index (χ1v) is 13.1. The predicted molar refractivity (Wildman–Crippen MR) is 133 cm³/mol. The van der Waals surface area contributed by atoms with E-state index in [4.69, 9.17) is 9.15 Å². The number of ether oxygens (including phenoxy) is 1. The minimum Gasteiger partial charge on any atom is -0.408 e. The Hall–Kier alpha value is -2.19. The molecule has 34 heavy (non-hydrogen) atoms. The molecule has 186 valence electrons. The van der Waals surface area contributed by atoms with Gasteiger partial charge in [0.05, 0.1) is 18.8 Å². The highest BCUT2D eigenvalue weighted by Crippen LogP contribution is 2.37. The summed E-state index contributed by atoms with van der Waals surface area (Å²) in [5.74, 6) is -0.122. The SMILES string of the molecule is CC(C)C[C@@H](C(=O)c1nnc(SC(C)C)o1)N(C=O)C1(COCc2ccccc2)CCCCC1. The van der Waals surface area contributed by atoms with Crippen LogP contribution >= 0.6 is 11.8 Å². The minimum atomic E-state index is -0.673. The van der Waals surface area contributed by atoms with Gasteiger partial charge in [0.15, 0.2) is 0 Å². The van der Waals surface area contributed by atoms with Crippen molar-refractivity contribution in [2.45, 2.75) is 94.9 Å². The first kappa shape index (κ1) is 26.4. The Morgan fingerprint density at radius 2 is 1.85 bits per heavy atom. The highest BCUT2D eigenvalue weighted by atomic mass is 32.2. The quantitative estimate of drug-likeness (QED) is 0.208. The van der Waals surface area contributed by atoms with Crippen molar-refractivity contribution in [3.8, 4) is 0 Å². The molecule has 7 nitrogen and oxygen atoms in total. The second-order valence-electron chi connectivity index (χ2n) is 9.83. The number of benzene rings is 1. The van der Waals surface area contributed by atoms with Crippen LogP contribution < -0.4 is 0 Å². The number of ketones is 1. The zero-order valence-corrected chi connectivity index (χ0v) is 21.6. The van der Waals surface area contributed by atoms with Gasteiger partial charge in [0.25, 0.3) is 11.1 Å². The van der Waals surface area contributed by atoms with Gasteiger partial charge < -0.3 is 14.1 Å². The molecule has 8 heteroatoms. The molecule has 1 atom stereocenters. The van der Waals surface area contributed by atoms with Crippen molar-refractivity contribution in [2.75, 3.05) is 6.61 Å². The Morgan fingerprint density at radius 1 is 1.15 bits per heavy atom. The largest absolute Gasteiger partial charge is 0.408 e. The maximum atomic E-state index is 13.6. The number of carbonyl (C=O) groups is 2. The van der Waals surface area contributed by atoms with Gasteiger partial charge in [-0.05, 0) is 30.7 Å². The van der Waals surface area contributed by atoms with Gasteiger partial charge >= 0.3 is 0 Å². The monoisotopic (exact) mass is 487 g/mol. The van der Waals surface area contributed by atoms with Gasteiger partial charge in [-0.15, -0.1) is 10.2 Å². The first-order chi connectivity index (χ1) is 16.3. The van der Waals surface area contributed by atoms with Gasteiger partial charge in [-0.2, -0.15) is 0 Å². The summed E-state index contributed by atoms with van der Waals surface area (Å²) in [6.45, 7) is 9.01. The summed E-state index contributed by atoms with van der Waals surface area (Å²) in [7, 11) is 0. The van der Waals surface area contributed by atoms with Crippen LogP contribution in [0.5, 0.6) is 0 Å². The Balaban J connectivity index is 1.85. The van der Waals surface area contributed by atoms with Crippen molar-refractivity contribution in [3.05, 3.63) is 41.8 Å². The molecule has 0 N–H and O–H groups in total. The maximum Gasteiger partial charge on any atom is 0.286 e. The molecule has 0 saturated heterocycles. The van der Waals surface area contributed by atoms with E-state index in [9.17, 15) is 9.59 Å². The van der Waals surface area contributed by atoms with E-state index in [1.165, 1.54) is 11.8 Å². The van der Waals surface area contributed by atoms with Gasteiger partial charge in [-0.3, -0.25) is 9.59 Å². The lowest BCUT2D eigenvalue weighted by atomic mass is 9.79. The highest BCUT2D eigenvalue weighted by molar-refractivity contribution is 7.99. The summed E-state index contributed by atoms with van der Waals surface area (Å²) in [6.07, 6.45) is 6.08. The fourth-order valence-corrected chi connectivity index (χ4v) is 5.25. The van der Waals surface area contributed by atoms with Crippen molar-refractivity contribution in [2.24, 2.45) is 5.92 Å². The Kier molecular flexibility index (Phi) is 9.71. The summed E-state index contributed by atoms with van der Waals surface area (Å²) in [5, 5.41) is 8.68. The topological polar surface area (TPSA) is 85.5 Å². The lowest BCUT2D eigenvalue weighted by Crippen LogP contribution is -2.59. The molecule has 0 spiro atoms. The molecule has 1 aliphatic rings. The van der Waals surface area contributed by atoms with Crippen molar-refractivity contribution < 1.29 is 18.7 Å². The predicted octanol–water partition coefficient (Wildman–Crippen LogP) is 5.55. The van der Waals surface area contributed by atoms with Crippen LogP contribution in [0, 0.1) is 5.92 Å². The molecule has 0 unspecified atom stereocenters. The summed E-state index contributed by atoms with van der Waals surface area (Å²) in [6, 6.07) is 9.33. The van der Waals surface area contributed by atoms with Crippen molar-refractivity contribution in [1.29, 1.82) is 0 Å². The molecular formula is C26H37N3O4S. The lowest BCUT2D eigenvalue weighted by molar-refractivity contribution is -0.133. The van der Waals surface area contributed by atoms with Gasteiger partial charge in [0.1, 0.15) is 6.04 Å². The molecule has 1 fully saturated rings. The molecule has 1 aromatic heterocycles. The highest BCUT2D eigenvalue weighted by Gasteiger charge is 2.44. The van der Waals surface area contributed by atoms with Crippen LogP contribution in [0.1, 0.15) is 82.5 Å². The molecule has 0 radical (unpaired) electrons. The second kappa shape index (κ2) is 12.5. The van der Waals surface area contributed by atoms with Crippen molar-refractivity contribution in [1.82, 2.24) is 15.1 Å². The van der Waals surface area contributed by atoms with Crippen LogP contribution in [0.3, 0.4) is 0 Å². The number of aromatic nitrogens is 2. The smallest absolute Gasteiger partial charge is 0.286 e. The minimum absolute atomic E-state index is 0.0307. The van der Waals surface area contributed by atoms with E-state index < -0.39 is 11.6 Å². The molecule has 1 aliphatic carbocycles. The van der Waals surface area contributed by atoms with Crippen LogP contribution in [-0.4, -0.2) is 50.7 Å². The number of amides is 1. The summed E-state index contributed by atoms with van der Waals surface area (Å²) >= 11 is 1.42. The number of Topliss-reactive ketones (excluding diaryl/α,β-unsaturated/α-hetero) is 1. The number of hydrogen-bond donors (Lipinski definition) is 0. The third-order valence-corrected chi connectivity index (χ3v) is 7.05. The van der Waals surface area contributed by atoms with Gasteiger partial charge in [0.2, 0.25) is 12.2 Å². The van der Waals surface area contributed by atoms with Crippen LogP contribution in [0.25, 0.3) is 0 Å². The van der Waals surface area contributed by atoms with E-state index in [1.807, 2.05) is 44.2 Å². The van der Waals surface area contributed by atoms with Crippen LogP contribution in [0.2, 0.25) is 0 Å². The fourth-order valence-electron chi connectivity index (χ4n) is 4.63. The molecule has 2 aromatic rings. The van der Waals surface area contributed by atoms with Crippen LogP contribution in [0.15, 0.2) is 40.0 Å². The van der Waals surface area contributed by atoms with E-state index in [1.54, 1.807) is 4.90 Å². The van der Waals surface area contributed by atoms with E-state index in [0.29, 0.717) is 24.9 Å². The number of carbonyl (C=O) groups excluding carboxylic acids is 2. The molecule has 1 amide bonds. The molecular weight excluding hydrogens is 450 g/mol. The number of thioether (sulfide) groups is 1. The average molecular weight is 488 g/mol. The van der Waals surface area contributed by atoms with Crippen molar-refractivity contribution >= 4 is 24.0 Å². The van der Waals surface area contributed by atoms with Gasteiger partial charge in [0, 0.05) is 5.25 Å². The maximum absolute atomic E-state index is 13.6. The molecule has 1 aromatic carbocycles. The van der Waals surface area contributed by atoms with Gasteiger partial charge in [-0.25, -0.2) is 0 Å². The van der Waals surface area contributed by atoms with Crippen LogP contribution in [0.4, 0.5) is 0 Å². The summed E-state index contributed by atoms with van der Waals surface area (Å²) < 4.78 is 11.9. The van der Waals surface area contributed by atoms with Crippen molar-refractivity contribution in [3.63, 3.8) is 0 Å². The van der Waals surface area contributed by atoms with E-state index in [2.05, 4.69) is 24.0 Å². The summed E-state index contributed by atoms with van der Waals surface area (Å²) in [4.78, 5) is 27.9. The Labute approximate surface area is 207 Å². The zero-order valence-electron chi connectivity index (χ0n) is 20.7. The molecule has 0 bridgehead atoms. The zero-order chi connectivity index (χ0) is 24.6. The third kappa shape index (κ3) is 6.92. The Morgan fingerprint density at radius 3 is 2.47 bits per heavy atom. The third-order valence-electron chi connectivity index (χ3n) is 6.21. The van der Waals surface area contributed by atoms with Crippen LogP contribution in [-0.2, 0) is 16.1 Å². The number of rotatable bonds is 13.